The Morgan fingerprint density at radius 3 is 2.65 bits per heavy atom. The third-order valence-electron chi connectivity index (χ3n) is 7.33. The molecule has 1 aliphatic carbocycles. The number of anilines is 1. The fourth-order valence-electron chi connectivity index (χ4n) is 5.21. The molecule has 3 N–H and O–H groups in total. The van der Waals surface area contributed by atoms with Gasteiger partial charge in [-0.3, -0.25) is 9.59 Å². The average Bonchev–Trinajstić information content (AvgIpc) is 3.16. The lowest BCUT2D eigenvalue weighted by Gasteiger charge is -2.37. The highest BCUT2D eigenvalue weighted by Gasteiger charge is 2.46. The summed E-state index contributed by atoms with van der Waals surface area (Å²) in [7, 11) is 0. The molecule has 0 radical (unpaired) electrons. The van der Waals surface area contributed by atoms with Crippen LogP contribution in [0.15, 0.2) is 48.5 Å². The van der Waals surface area contributed by atoms with Crippen molar-refractivity contribution in [3.63, 3.8) is 0 Å². The lowest BCUT2D eigenvalue weighted by Crippen LogP contribution is -2.47. The minimum atomic E-state index is -0.511. The van der Waals surface area contributed by atoms with E-state index in [2.05, 4.69) is 10.6 Å². The first-order chi connectivity index (χ1) is 16.5. The number of hydrogen-bond acceptors (Lipinski definition) is 5. The summed E-state index contributed by atoms with van der Waals surface area (Å²) in [6.07, 6.45) is 2.69. The van der Waals surface area contributed by atoms with Crippen molar-refractivity contribution in [2.45, 2.75) is 69.3 Å². The van der Waals surface area contributed by atoms with Gasteiger partial charge in [0.1, 0.15) is 18.0 Å². The van der Waals surface area contributed by atoms with Gasteiger partial charge < -0.3 is 25.2 Å². The Morgan fingerprint density at radius 1 is 1.15 bits per heavy atom. The van der Waals surface area contributed by atoms with Crippen molar-refractivity contribution in [1.29, 1.82) is 0 Å². The maximum atomic E-state index is 12.8. The molecule has 2 fully saturated rings. The number of fused-ring (bicyclic) bond motifs is 3. The van der Waals surface area contributed by atoms with Crippen LogP contribution < -0.4 is 15.4 Å². The Kier molecular flexibility index (Phi) is 6.57. The monoisotopic (exact) mass is 464 g/mol. The van der Waals surface area contributed by atoms with Crippen LogP contribution in [0.3, 0.4) is 0 Å². The lowest BCUT2D eigenvalue weighted by molar-refractivity contribution is -0.142. The molecule has 1 saturated carbocycles. The summed E-state index contributed by atoms with van der Waals surface area (Å²) < 4.78 is 12.2. The van der Waals surface area contributed by atoms with Crippen LogP contribution in [-0.4, -0.2) is 41.8 Å². The normalized spacial score (nSPS) is 26.4. The SMILES string of the molecule is C[C@H](NC(=O)C[C@H]1C[C@@H]2c3cc(NC(=O)C4CCC4)ccc3O[C@@H]2[C@@H](CO)O1)c1ccccc1. The molecular formula is C27H32N2O5. The number of ether oxygens (including phenoxy) is 2. The topological polar surface area (TPSA) is 96.9 Å². The van der Waals surface area contributed by atoms with E-state index in [-0.39, 0.29) is 54.9 Å². The zero-order valence-corrected chi connectivity index (χ0v) is 19.4. The van der Waals surface area contributed by atoms with Gasteiger partial charge in [0.2, 0.25) is 11.8 Å². The van der Waals surface area contributed by atoms with Gasteiger partial charge in [-0.1, -0.05) is 36.8 Å². The Morgan fingerprint density at radius 2 is 1.94 bits per heavy atom. The number of hydrogen-bond donors (Lipinski definition) is 3. The van der Waals surface area contributed by atoms with Crippen LogP contribution in [0.25, 0.3) is 0 Å². The summed E-state index contributed by atoms with van der Waals surface area (Å²) in [5, 5.41) is 16.1. The van der Waals surface area contributed by atoms with Gasteiger partial charge in [-0.05, 0) is 49.9 Å². The molecule has 2 aromatic rings. The number of carbonyl (C=O) groups is 2. The summed E-state index contributed by atoms with van der Waals surface area (Å²) in [5.41, 5.74) is 2.81. The molecule has 2 amide bonds. The fraction of sp³-hybridized carbons (Fsp3) is 0.481. The van der Waals surface area contributed by atoms with E-state index in [4.69, 9.17) is 9.47 Å². The molecule has 0 spiro atoms. The number of aliphatic hydroxyl groups excluding tert-OH is 1. The smallest absolute Gasteiger partial charge is 0.227 e. The number of amides is 2. The average molecular weight is 465 g/mol. The third kappa shape index (κ3) is 4.68. The van der Waals surface area contributed by atoms with Crippen molar-refractivity contribution < 1.29 is 24.2 Å². The summed E-state index contributed by atoms with van der Waals surface area (Å²) in [5.74, 6) is 0.841. The molecule has 34 heavy (non-hydrogen) atoms. The summed E-state index contributed by atoms with van der Waals surface area (Å²) >= 11 is 0. The molecule has 0 aromatic heterocycles. The summed E-state index contributed by atoms with van der Waals surface area (Å²) in [6.45, 7) is 1.78. The van der Waals surface area contributed by atoms with Gasteiger partial charge in [0.15, 0.2) is 0 Å². The zero-order valence-electron chi connectivity index (χ0n) is 19.4. The highest BCUT2D eigenvalue weighted by Crippen LogP contribution is 2.47. The molecule has 5 atom stereocenters. The first-order valence-corrected chi connectivity index (χ1v) is 12.2. The number of rotatable bonds is 7. The van der Waals surface area contributed by atoms with Crippen molar-refractivity contribution in [2.24, 2.45) is 5.92 Å². The van der Waals surface area contributed by atoms with Gasteiger partial charge in [-0.15, -0.1) is 0 Å². The maximum Gasteiger partial charge on any atom is 0.227 e. The molecule has 5 rings (SSSR count). The van der Waals surface area contributed by atoms with E-state index < -0.39 is 6.10 Å². The molecular weight excluding hydrogens is 432 g/mol. The fourth-order valence-corrected chi connectivity index (χ4v) is 5.21. The molecule has 2 aliphatic heterocycles. The van der Waals surface area contributed by atoms with Gasteiger partial charge in [-0.2, -0.15) is 0 Å². The zero-order chi connectivity index (χ0) is 23.7. The highest BCUT2D eigenvalue weighted by atomic mass is 16.6. The van der Waals surface area contributed by atoms with Gasteiger partial charge in [0.05, 0.1) is 25.2 Å². The Labute approximate surface area is 199 Å². The van der Waals surface area contributed by atoms with Crippen LogP contribution in [0, 0.1) is 5.92 Å². The van der Waals surface area contributed by atoms with Crippen LogP contribution >= 0.6 is 0 Å². The van der Waals surface area contributed by atoms with Crippen molar-refractivity contribution in [2.75, 3.05) is 11.9 Å². The minimum absolute atomic E-state index is 0.00852. The summed E-state index contributed by atoms with van der Waals surface area (Å²) in [4.78, 5) is 25.2. The van der Waals surface area contributed by atoms with Crippen molar-refractivity contribution in [3.05, 3.63) is 59.7 Å². The molecule has 180 valence electrons. The second kappa shape index (κ2) is 9.76. The van der Waals surface area contributed by atoms with Gasteiger partial charge in [0.25, 0.3) is 0 Å². The number of benzene rings is 2. The molecule has 1 saturated heterocycles. The van der Waals surface area contributed by atoms with E-state index in [1.165, 1.54) is 0 Å². The molecule has 7 nitrogen and oxygen atoms in total. The van der Waals surface area contributed by atoms with Crippen molar-refractivity contribution in [3.8, 4) is 5.75 Å². The van der Waals surface area contributed by atoms with Gasteiger partial charge >= 0.3 is 0 Å². The van der Waals surface area contributed by atoms with E-state index in [0.29, 0.717) is 6.42 Å². The Balaban J connectivity index is 1.26. The van der Waals surface area contributed by atoms with E-state index in [1.54, 1.807) is 0 Å². The second-order valence-electron chi connectivity index (χ2n) is 9.68. The molecule has 0 unspecified atom stereocenters. The molecule has 2 heterocycles. The van der Waals surface area contributed by atoms with E-state index >= 15 is 0 Å². The Bertz CT molecular complexity index is 1040. The van der Waals surface area contributed by atoms with Crippen LogP contribution in [-0.2, 0) is 14.3 Å². The minimum Gasteiger partial charge on any atom is -0.487 e. The van der Waals surface area contributed by atoms with Crippen LogP contribution in [0.2, 0.25) is 0 Å². The van der Waals surface area contributed by atoms with Gasteiger partial charge in [0, 0.05) is 23.1 Å². The van der Waals surface area contributed by atoms with E-state index in [1.807, 2.05) is 55.5 Å². The van der Waals surface area contributed by atoms with E-state index in [0.717, 1.165) is 41.8 Å². The second-order valence-corrected chi connectivity index (χ2v) is 9.68. The standard InChI is InChI=1S/C27H32N2O5/c1-16(17-6-3-2-4-7-17)28-25(31)14-20-13-22-21-12-19(29-27(32)18-8-5-9-18)10-11-23(21)34-26(22)24(15-30)33-20/h2-4,6-7,10-12,16,18,20,22,24,26,30H,5,8-9,13-15H2,1H3,(H,28,31)(H,29,32)/t16-,20+,22+,24+,26-/m0/s1. The number of aliphatic hydroxyl groups is 1. The van der Waals surface area contributed by atoms with Crippen LogP contribution in [0.5, 0.6) is 5.75 Å². The van der Waals surface area contributed by atoms with Crippen LogP contribution in [0.1, 0.15) is 62.1 Å². The molecule has 7 heteroatoms. The predicted octanol–water partition coefficient (Wildman–Crippen LogP) is 3.69. The predicted molar refractivity (Wildman–Crippen MR) is 128 cm³/mol. The van der Waals surface area contributed by atoms with Gasteiger partial charge in [-0.25, -0.2) is 0 Å². The largest absolute Gasteiger partial charge is 0.487 e. The summed E-state index contributed by atoms with van der Waals surface area (Å²) in [6, 6.07) is 15.4. The molecule has 0 bridgehead atoms. The first kappa shape index (κ1) is 22.9. The number of carbonyl (C=O) groups excluding carboxylic acids is 2. The first-order valence-electron chi connectivity index (χ1n) is 12.2. The number of nitrogens with one attached hydrogen (secondary N) is 2. The van der Waals surface area contributed by atoms with Crippen molar-refractivity contribution in [1.82, 2.24) is 5.32 Å². The highest BCUT2D eigenvalue weighted by molar-refractivity contribution is 5.93. The third-order valence-corrected chi connectivity index (χ3v) is 7.33. The van der Waals surface area contributed by atoms with Crippen molar-refractivity contribution >= 4 is 17.5 Å². The quantitative estimate of drug-likeness (QED) is 0.581. The van der Waals surface area contributed by atoms with E-state index in [9.17, 15) is 14.7 Å². The lowest BCUT2D eigenvalue weighted by atomic mass is 9.83. The molecule has 3 aliphatic rings. The molecule has 2 aromatic carbocycles. The Hall–Kier alpha value is -2.90. The maximum absolute atomic E-state index is 12.8. The van der Waals surface area contributed by atoms with Crippen LogP contribution in [0.4, 0.5) is 5.69 Å².